The highest BCUT2D eigenvalue weighted by atomic mass is 16.2. The van der Waals surface area contributed by atoms with Crippen molar-refractivity contribution in [2.75, 3.05) is 32.4 Å². The average Bonchev–Trinajstić information content (AvgIpc) is 3.15. The monoisotopic (exact) mass is 337 g/mol. The number of likely N-dealkylation sites (N-methyl/N-ethyl adjacent to an activating group) is 1. The van der Waals surface area contributed by atoms with Crippen LogP contribution >= 0.6 is 0 Å². The smallest absolute Gasteiger partial charge is 0.227 e. The zero-order chi connectivity index (χ0) is 17.6. The Hall–Kier alpha value is -2.33. The van der Waals surface area contributed by atoms with E-state index < -0.39 is 0 Å². The van der Waals surface area contributed by atoms with Crippen LogP contribution in [0.15, 0.2) is 54.6 Å². The van der Waals surface area contributed by atoms with E-state index in [1.54, 1.807) is 0 Å². The number of likely N-dealkylation sites (tertiary alicyclic amines) is 1. The molecule has 0 bridgehead atoms. The lowest BCUT2D eigenvalue weighted by Crippen LogP contribution is -2.39. The molecule has 2 aromatic rings. The van der Waals surface area contributed by atoms with Gasteiger partial charge in [0, 0.05) is 19.3 Å². The highest BCUT2D eigenvalue weighted by Gasteiger charge is 2.25. The van der Waals surface area contributed by atoms with E-state index in [0.717, 1.165) is 30.9 Å². The number of carbonyl (C=O) groups is 1. The van der Waals surface area contributed by atoms with Crippen molar-refractivity contribution < 1.29 is 4.79 Å². The molecule has 1 aliphatic heterocycles. The molecular formula is C21H27N3O. The molecule has 1 heterocycles. The van der Waals surface area contributed by atoms with E-state index >= 15 is 0 Å². The molecule has 0 saturated carbocycles. The maximum atomic E-state index is 12.9. The molecule has 132 valence electrons. The quantitative estimate of drug-likeness (QED) is 0.824. The second-order valence-corrected chi connectivity index (χ2v) is 6.86. The largest absolute Gasteiger partial charge is 0.399 e. The summed E-state index contributed by atoms with van der Waals surface area (Å²) in [5, 5.41) is 0. The van der Waals surface area contributed by atoms with E-state index in [1.807, 2.05) is 54.4 Å². The van der Waals surface area contributed by atoms with Crippen molar-refractivity contribution in [2.24, 2.45) is 0 Å². The normalized spacial score (nSPS) is 15.9. The van der Waals surface area contributed by atoms with E-state index in [0.29, 0.717) is 6.42 Å². The molecule has 1 saturated heterocycles. The minimum Gasteiger partial charge on any atom is -0.399 e. The summed E-state index contributed by atoms with van der Waals surface area (Å²) < 4.78 is 0. The number of amides is 1. The SMILES string of the molecule is CN(C(=O)Cc1ccc(N)cc1)[C@H](CN1CCCC1)c1ccccc1. The highest BCUT2D eigenvalue weighted by Crippen LogP contribution is 2.23. The number of benzene rings is 2. The summed E-state index contributed by atoms with van der Waals surface area (Å²) in [4.78, 5) is 17.2. The molecule has 1 aliphatic rings. The first-order chi connectivity index (χ1) is 12.1. The van der Waals surface area contributed by atoms with Crippen LogP contribution in [0, 0.1) is 0 Å². The van der Waals surface area contributed by atoms with Gasteiger partial charge in [-0.25, -0.2) is 0 Å². The number of hydrogen-bond donors (Lipinski definition) is 1. The Morgan fingerprint density at radius 3 is 2.36 bits per heavy atom. The number of rotatable bonds is 6. The van der Waals surface area contributed by atoms with Crippen LogP contribution in [0.25, 0.3) is 0 Å². The van der Waals surface area contributed by atoms with E-state index in [-0.39, 0.29) is 11.9 Å². The first-order valence-electron chi connectivity index (χ1n) is 9.01. The molecule has 0 aliphatic carbocycles. The van der Waals surface area contributed by atoms with Gasteiger partial charge in [0.05, 0.1) is 12.5 Å². The predicted octanol–water partition coefficient (Wildman–Crippen LogP) is 3.11. The second kappa shape index (κ2) is 8.17. The molecule has 0 aromatic heterocycles. The minimum atomic E-state index is 0.0839. The first-order valence-corrected chi connectivity index (χ1v) is 9.01. The van der Waals surface area contributed by atoms with E-state index in [1.165, 1.54) is 18.4 Å². The summed E-state index contributed by atoms with van der Waals surface area (Å²) in [5.74, 6) is 0.137. The summed E-state index contributed by atoms with van der Waals surface area (Å²) in [6.45, 7) is 3.15. The third kappa shape index (κ3) is 4.60. The third-order valence-electron chi connectivity index (χ3n) is 5.01. The van der Waals surface area contributed by atoms with Crippen molar-refractivity contribution in [3.8, 4) is 0 Å². The van der Waals surface area contributed by atoms with Crippen molar-refractivity contribution in [3.63, 3.8) is 0 Å². The molecule has 2 aromatic carbocycles. The van der Waals surface area contributed by atoms with Crippen LogP contribution in [0.5, 0.6) is 0 Å². The number of hydrogen-bond acceptors (Lipinski definition) is 3. The minimum absolute atomic E-state index is 0.0839. The lowest BCUT2D eigenvalue weighted by molar-refractivity contribution is -0.131. The standard InChI is InChI=1S/C21H27N3O/c1-23(21(25)15-17-9-11-19(22)12-10-17)20(16-24-13-5-6-14-24)18-7-3-2-4-8-18/h2-4,7-12,20H,5-6,13-16,22H2,1H3/t20-/m1/s1. The fourth-order valence-corrected chi connectivity index (χ4v) is 3.45. The van der Waals surface area contributed by atoms with Crippen LogP contribution in [0.3, 0.4) is 0 Å². The Morgan fingerprint density at radius 2 is 1.72 bits per heavy atom. The molecule has 4 nitrogen and oxygen atoms in total. The Labute approximate surface area is 150 Å². The molecule has 1 atom stereocenters. The van der Waals surface area contributed by atoms with Gasteiger partial charge < -0.3 is 15.5 Å². The number of anilines is 1. The van der Waals surface area contributed by atoms with Gasteiger partial charge in [-0.15, -0.1) is 0 Å². The Kier molecular flexibility index (Phi) is 5.71. The molecule has 1 amide bonds. The van der Waals surface area contributed by atoms with Crippen molar-refractivity contribution in [2.45, 2.75) is 25.3 Å². The summed E-state index contributed by atoms with van der Waals surface area (Å²) >= 11 is 0. The van der Waals surface area contributed by atoms with Crippen molar-refractivity contribution in [3.05, 3.63) is 65.7 Å². The zero-order valence-electron chi connectivity index (χ0n) is 14.9. The van der Waals surface area contributed by atoms with Gasteiger partial charge in [0.25, 0.3) is 0 Å². The number of nitrogens with zero attached hydrogens (tertiary/aromatic N) is 2. The van der Waals surface area contributed by atoms with Gasteiger partial charge in [-0.05, 0) is 49.2 Å². The molecule has 25 heavy (non-hydrogen) atoms. The summed E-state index contributed by atoms with van der Waals surface area (Å²) in [5.41, 5.74) is 8.65. The summed E-state index contributed by atoms with van der Waals surface area (Å²) in [6.07, 6.45) is 2.91. The van der Waals surface area contributed by atoms with Crippen LogP contribution in [0.1, 0.15) is 30.0 Å². The van der Waals surface area contributed by atoms with Gasteiger partial charge in [0.1, 0.15) is 0 Å². The van der Waals surface area contributed by atoms with Crippen LogP contribution in [0.2, 0.25) is 0 Å². The zero-order valence-corrected chi connectivity index (χ0v) is 14.9. The number of carbonyl (C=O) groups excluding carboxylic acids is 1. The maximum absolute atomic E-state index is 12.9. The average molecular weight is 337 g/mol. The Balaban J connectivity index is 1.74. The van der Waals surface area contributed by atoms with Gasteiger partial charge in [-0.1, -0.05) is 42.5 Å². The van der Waals surface area contributed by atoms with Gasteiger partial charge in [-0.3, -0.25) is 4.79 Å². The highest BCUT2D eigenvalue weighted by molar-refractivity contribution is 5.79. The number of nitrogen functional groups attached to an aromatic ring is 1. The summed E-state index contributed by atoms with van der Waals surface area (Å²) in [6, 6.07) is 18.0. The van der Waals surface area contributed by atoms with Crippen LogP contribution in [0.4, 0.5) is 5.69 Å². The van der Waals surface area contributed by atoms with Gasteiger partial charge in [0.15, 0.2) is 0 Å². The molecule has 1 fully saturated rings. The topological polar surface area (TPSA) is 49.6 Å². The molecule has 0 spiro atoms. The fourth-order valence-electron chi connectivity index (χ4n) is 3.45. The second-order valence-electron chi connectivity index (χ2n) is 6.86. The van der Waals surface area contributed by atoms with Gasteiger partial charge in [-0.2, -0.15) is 0 Å². The lowest BCUT2D eigenvalue weighted by atomic mass is 10.0. The Morgan fingerprint density at radius 1 is 1.08 bits per heavy atom. The van der Waals surface area contributed by atoms with E-state index in [4.69, 9.17) is 5.73 Å². The molecule has 3 rings (SSSR count). The lowest BCUT2D eigenvalue weighted by Gasteiger charge is -2.32. The van der Waals surface area contributed by atoms with Crippen molar-refractivity contribution in [1.29, 1.82) is 0 Å². The van der Waals surface area contributed by atoms with Crippen LogP contribution in [-0.4, -0.2) is 42.4 Å². The number of nitrogens with two attached hydrogens (primary N) is 1. The van der Waals surface area contributed by atoms with Gasteiger partial charge in [0.2, 0.25) is 5.91 Å². The Bertz CT molecular complexity index is 678. The van der Waals surface area contributed by atoms with E-state index in [2.05, 4.69) is 17.0 Å². The fraction of sp³-hybridized carbons (Fsp3) is 0.381. The third-order valence-corrected chi connectivity index (χ3v) is 5.01. The molecule has 4 heteroatoms. The van der Waals surface area contributed by atoms with Gasteiger partial charge >= 0.3 is 0 Å². The van der Waals surface area contributed by atoms with Crippen LogP contribution < -0.4 is 5.73 Å². The first kappa shape index (κ1) is 17.5. The molecule has 0 radical (unpaired) electrons. The maximum Gasteiger partial charge on any atom is 0.227 e. The van der Waals surface area contributed by atoms with E-state index in [9.17, 15) is 4.79 Å². The van der Waals surface area contributed by atoms with Crippen molar-refractivity contribution in [1.82, 2.24) is 9.80 Å². The summed E-state index contributed by atoms with van der Waals surface area (Å²) in [7, 11) is 1.92. The molecule has 2 N–H and O–H groups in total. The molecule has 0 unspecified atom stereocenters. The molecular weight excluding hydrogens is 310 g/mol. The predicted molar refractivity (Wildman–Crippen MR) is 102 cm³/mol. The van der Waals surface area contributed by atoms with Crippen molar-refractivity contribution >= 4 is 11.6 Å². The van der Waals surface area contributed by atoms with Crippen LogP contribution in [-0.2, 0) is 11.2 Å².